The number of rotatable bonds is 2. The van der Waals surface area contributed by atoms with Crippen molar-refractivity contribution in [1.29, 1.82) is 0 Å². The van der Waals surface area contributed by atoms with Gasteiger partial charge in [-0.15, -0.1) is 0 Å². The average Bonchev–Trinajstić information content (AvgIpc) is 3.05. The normalized spacial score (nSPS) is 26.6. The molecule has 0 saturated carbocycles. The molecule has 3 amide bonds. The Bertz CT molecular complexity index is 398. The molecule has 0 spiro atoms. The van der Waals surface area contributed by atoms with E-state index in [4.69, 9.17) is 5.11 Å². The largest absolute Gasteiger partial charge is 0.480 e. The Balaban J connectivity index is 2.10. The van der Waals surface area contributed by atoms with E-state index in [0.29, 0.717) is 32.4 Å². The van der Waals surface area contributed by atoms with E-state index in [1.54, 1.807) is 7.05 Å². The molecule has 2 rings (SSSR count). The van der Waals surface area contributed by atoms with Gasteiger partial charge in [-0.05, 0) is 25.7 Å². The van der Waals surface area contributed by atoms with Crippen LogP contribution in [0.2, 0.25) is 0 Å². The Morgan fingerprint density at radius 3 is 2.11 bits per heavy atom. The minimum atomic E-state index is -0.971. The number of amides is 3. The second-order valence-electron chi connectivity index (χ2n) is 4.94. The van der Waals surface area contributed by atoms with Gasteiger partial charge in [-0.2, -0.15) is 0 Å². The van der Waals surface area contributed by atoms with E-state index in [2.05, 4.69) is 5.32 Å². The number of likely N-dealkylation sites (N-methyl/N-ethyl adjacent to an activating group) is 1. The summed E-state index contributed by atoms with van der Waals surface area (Å²) in [6, 6.07) is -1.54. The van der Waals surface area contributed by atoms with E-state index < -0.39 is 18.1 Å². The van der Waals surface area contributed by atoms with Crippen molar-refractivity contribution < 1.29 is 19.5 Å². The molecule has 7 heteroatoms. The molecule has 2 heterocycles. The summed E-state index contributed by atoms with van der Waals surface area (Å²) in [6.07, 6.45) is 2.59. The third-order valence-electron chi connectivity index (χ3n) is 3.83. The molecular formula is C12H19N3O4. The fraction of sp³-hybridized carbons (Fsp3) is 0.750. The fourth-order valence-corrected chi connectivity index (χ4v) is 2.85. The van der Waals surface area contributed by atoms with Crippen LogP contribution in [0.3, 0.4) is 0 Å². The third kappa shape index (κ3) is 2.50. The van der Waals surface area contributed by atoms with Crippen LogP contribution in [0, 0.1) is 0 Å². The van der Waals surface area contributed by atoms with Crippen molar-refractivity contribution in [2.45, 2.75) is 37.8 Å². The zero-order valence-electron chi connectivity index (χ0n) is 11.0. The Labute approximate surface area is 111 Å². The molecule has 0 aliphatic carbocycles. The quantitative estimate of drug-likeness (QED) is 0.730. The van der Waals surface area contributed by atoms with Gasteiger partial charge in [0, 0.05) is 20.1 Å². The van der Waals surface area contributed by atoms with E-state index >= 15 is 0 Å². The van der Waals surface area contributed by atoms with Crippen molar-refractivity contribution in [3.8, 4) is 0 Å². The van der Waals surface area contributed by atoms with Crippen LogP contribution in [0.1, 0.15) is 25.7 Å². The van der Waals surface area contributed by atoms with Gasteiger partial charge in [0.1, 0.15) is 12.1 Å². The number of carboxylic acid groups (broad SMARTS) is 1. The first-order valence-corrected chi connectivity index (χ1v) is 6.58. The Kier molecular flexibility index (Phi) is 3.92. The summed E-state index contributed by atoms with van der Waals surface area (Å²) in [7, 11) is 1.54. The summed E-state index contributed by atoms with van der Waals surface area (Å²) in [6.45, 7) is 0.965. The van der Waals surface area contributed by atoms with Crippen LogP contribution >= 0.6 is 0 Å². The predicted molar refractivity (Wildman–Crippen MR) is 66.6 cm³/mol. The molecule has 2 N–H and O–H groups in total. The molecule has 106 valence electrons. The highest BCUT2D eigenvalue weighted by molar-refractivity contribution is 5.89. The summed E-state index contributed by atoms with van der Waals surface area (Å²) >= 11 is 0. The lowest BCUT2D eigenvalue weighted by atomic mass is 10.2. The topological polar surface area (TPSA) is 90.0 Å². The zero-order valence-corrected chi connectivity index (χ0v) is 11.0. The number of nitrogens with one attached hydrogen (secondary N) is 1. The average molecular weight is 269 g/mol. The van der Waals surface area contributed by atoms with Crippen molar-refractivity contribution in [3.63, 3.8) is 0 Å². The first-order chi connectivity index (χ1) is 9.06. The molecule has 0 bridgehead atoms. The summed E-state index contributed by atoms with van der Waals surface area (Å²) in [5.74, 6) is -1.15. The Hall–Kier alpha value is -1.79. The molecule has 19 heavy (non-hydrogen) atoms. The van der Waals surface area contributed by atoms with Crippen LogP contribution in [-0.4, -0.2) is 65.0 Å². The molecule has 1 unspecified atom stereocenters. The maximum atomic E-state index is 12.4. The van der Waals surface area contributed by atoms with Gasteiger partial charge >= 0.3 is 12.0 Å². The highest BCUT2D eigenvalue weighted by atomic mass is 16.4. The summed E-state index contributed by atoms with van der Waals surface area (Å²) < 4.78 is 0. The van der Waals surface area contributed by atoms with E-state index in [1.807, 2.05) is 0 Å². The molecule has 0 aromatic heterocycles. The van der Waals surface area contributed by atoms with E-state index in [1.165, 1.54) is 9.80 Å². The van der Waals surface area contributed by atoms with Gasteiger partial charge in [-0.1, -0.05) is 0 Å². The number of nitrogens with zero attached hydrogens (tertiary/aromatic N) is 2. The smallest absolute Gasteiger partial charge is 0.326 e. The molecule has 7 nitrogen and oxygen atoms in total. The van der Waals surface area contributed by atoms with Crippen molar-refractivity contribution >= 4 is 17.9 Å². The zero-order chi connectivity index (χ0) is 14.0. The van der Waals surface area contributed by atoms with Crippen LogP contribution in [-0.2, 0) is 9.59 Å². The van der Waals surface area contributed by atoms with Crippen molar-refractivity contribution in [3.05, 3.63) is 0 Å². The predicted octanol–water partition coefficient (Wildman–Crippen LogP) is -0.134. The van der Waals surface area contributed by atoms with Crippen LogP contribution in [0.15, 0.2) is 0 Å². The molecule has 0 radical (unpaired) electrons. The molecule has 2 saturated heterocycles. The Morgan fingerprint density at radius 1 is 1.05 bits per heavy atom. The van der Waals surface area contributed by atoms with Crippen molar-refractivity contribution in [1.82, 2.24) is 15.1 Å². The lowest BCUT2D eigenvalue weighted by Crippen LogP contribution is -2.52. The molecule has 2 aliphatic rings. The fourth-order valence-electron chi connectivity index (χ4n) is 2.85. The van der Waals surface area contributed by atoms with Gasteiger partial charge in [0.25, 0.3) is 0 Å². The van der Waals surface area contributed by atoms with Gasteiger partial charge < -0.3 is 20.2 Å². The van der Waals surface area contributed by atoms with Crippen molar-refractivity contribution in [2.24, 2.45) is 0 Å². The number of carbonyl (C=O) groups is 3. The summed E-state index contributed by atoms with van der Waals surface area (Å²) in [5.41, 5.74) is 0. The SMILES string of the molecule is CNC(=O)C1CCCN1C(=O)N1CCC[C@H]1C(=O)O. The first kappa shape index (κ1) is 13.6. The number of carboxylic acids is 1. The number of urea groups is 1. The van der Waals surface area contributed by atoms with Crippen LogP contribution in [0.5, 0.6) is 0 Å². The molecule has 2 aliphatic heterocycles. The summed E-state index contributed by atoms with van der Waals surface area (Å²) in [5, 5.41) is 11.7. The third-order valence-corrected chi connectivity index (χ3v) is 3.83. The standard InChI is InChI=1S/C12H19N3O4/c1-13-10(16)8-4-2-6-14(8)12(19)15-7-3-5-9(15)11(17)18/h8-9H,2-7H2,1H3,(H,13,16)(H,17,18)/t8?,9-/m0/s1. The van der Waals surface area contributed by atoms with E-state index in [-0.39, 0.29) is 11.9 Å². The van der Waals surface area contributed by atoms with Crippen LogP contribution in [0.25, 0.3) is 0 Å². The molecule has 0 aromatic rings. The molecule has 0 aromatic carbocycles. The number of hydrogen-bond acceptors (Lipinski definition) is 3. The highest BCUT2D eigenvalue weighted by Crippen LogP contribution is 2.24. The molecule has 2 atom stereocenters. The number of aliphatic carboxylic acids is 1. The minimum absolute atomic E-state index is 0.183. The molecule has 2 fully saturated rings. The summed E-state index contributed by atoms with van der Waals surface area (Å²) in [4.78, 5) is 38.1. The number of carbonyl (C=O) groups excluding carboxylic acids is 2. The van der Waals surface area contributed by atoms with Gasteiger partial charge in [0.05, 0.1) is 0 Å². The van der Waals surface area contributed by atoms with Crippen LogP contribution in [0.4, 0.5) is 4.79 Å². The monoisotopic (exact) mass is 269 g/mol. The number of hydrogen-bond donors (Lipinski definition) is 2. The van der Waals surface area contributed by atoms with Crippen LogP contribution < -0.4 is 5.32 Å². The van der Waals surface area contributed by atoms with E-state index in [9.17, 15) is 14.4 Å². The maximum absolute atomic E-state index is 12.4. The van der Waals surface area contributed by atoms with Gasteiger partial charge in [0.15, 0.2) is 0 Å². The number of likely N-dealkylation sites (tertiary alicyclic amines) is 2. The molecular weight excluding hydrogens is 250 g/mol. The lowest BCUT2D eigenvalue weighted by molar-refractivity contribution is -0.141. The van der Waals surface area contributed by atoms with E-state index in [0.717, 1.165) is 6.42 Å². The minimum Gasteiger partial charge on any atom is -0.480 e. The maximum Gasteiger partial charge on any atom is 0.326 e. The second kappa shape index (κ2) is 5.46. The second-order valence-corrected chi connectivity index (χ2v) is 4.94. The highest BCUT2D eigenvalue weighted by Gasteiger charge is 2.41. The van der Waals surface area contributed by atoms with Gasteiger partial charge in [-0.25, -0.2) is 9.59 Å². The Morgan fingerprint density at radius 2 is 1.58 bits per heavy atom. The van der Waals surface area contributed by atoms with Gasteiger partial charge in [0.2, 0.25) is 5.91 Å². The van der Waals surface area contributed by atoms with Crippen molar-refractivity contribution in [2.75, 3.05) is 20.1 Å². The first-order valence-electron chi connectivity index (χ1n) is 6.58. The lowest BCUT2D eigenvalue weighted by Gasteiger charge is -2.30. The van der Waals surface area contributed by atoms with Gasteiger partial charge in [-0.3, -0.25) is 4.79 Å².